The molecule has 0 spiro atoms. The molecular formula is C19H22Cl2N4O. The molecule has 1 fully saturated rings. The number of likely N-dealkylation sites (tertiary alicyclic amines) is 1. The minimum Gasteiger partial charge on any atom is -0.340 e. The summed E-state index contributed by atoms with van der Waals surface area (Å²) < 4.78 is 0. The fourth-order valence-electron chi connectivity index (χ4n) is 3.19. The maximum atomic E-state index is 13.0. The normalized spacial score (nSPS) is 16.4. The summed E-state index contributed by atoms with van der Waals surface area (Å²) in [4.78, 5) is 19.2. The number of pyridine rings is 1. The van der Waals surface area contributed by atoms with Gasteiger partial charge in [0.25, 0.3) is 5.91 Å². The van der Waals surface area contributed by atoms with Gasteiger partial charge in [0.05, 0.1) is 15.6 Å². The fourth-order valence-corrected chi connectivity index (χ4v) is 3.48. The van der Waals surface area contributed by atoms with Crippen LogP contribution in [0.5, 0.6) is 0 Å². The van der Waals surface area contributed by atoms with Crippen molar-refractivity contribution in [3.05, 3.63) is 52.1 Å². The van der Waals surface area contributed by atoms with Crippen LogP contribution >= 0.6 is 23.2 Å². The number of hydrogen-bond donors (Lipinski definition) is 2. The molecule has 0 saturated carbocycles. The number of aromatic nitrogens is 1. The van der Waals surface area contributed by atoms with Crippen molar-refractivity contribution in [2.45, 2.75) is 25.8 Å². The molecule has 1 saturated heterocycles. The number of rotatable bonds is 4. The topological polar surface area (TPSA) is 71.2 Å². The van der Waals surface area contributed by atoms with E-state index in [-0.39, 0.29) is 11.9 Å². The highest BCUT2D eigenvalue weighted by molar-refractivity contribution is 6.42. The van der Waals surface area contributed by atoms with Gasteiger partial charge in [-0.3, -0.25) is 4.79 Å². The fraction of sp³-hybridized carbons (Fsp3) is 0.368. The first-order valence-corrected chi connectivity index (χ1v) is 9.43. The van der Waals surface area contributed by atoms with Gasteiger partial charge < -0.3 is 16.0 Å². The van der Waals surface area contributed by atoms with Gasteiger partial charge in [-0.15, -0.1) is 0 Å². The summed E-state index contributed by atoms with van der Waals surface area (Å²) in [5.41, 5.74) is 7.25. The van der Waals surface area contributed by atoms with Crippen molar-refractivity contribution in [2.24, 2.45) is 11.7 Å². The quantitative estimate of drug-likeness (QED) is 0.811. The molecule has 26 heavy (non-hydrogen) atoms. The molecule has 0 aliphatic carbocycles. The molecule has 2 aromatic rings. The van der Waals surface area contributed by atoms with Crippen molar-refractivity contribution >= 4 is 40.6 Å². The van der Waals surface area contributed by atoms with Gasteiger partial charge in [-0.25, -0.2) is 4.98 Å². The molecule has 2 heterocycles. The van der Waals surface area contributed by atoms with Crippen LogP contribution in [-0.4, -0.2) is 34.9 Å². The van der Waals surface area contributed by atoms with E-state index >= 15 is 0 Å². The van der Waals surface area contributed by atoms with E-state index < -0.39 is 0 Å². The molecule has 1 aromatic heterocycles. The third-order valence-electron chi connectivity index (χ3n) is 4.79. The summed E-state index contributed by atoms with van der Waals surface area (Å²) in [5, 5.41) is 4.09. The molecular weight excluding hydrogens is 371 g/mol. The average molecular weight is 393 g/mol. The Morgan fingerprint density at radius 3 is 2.65 bits per heavy atom. The maximum absolute atomic E-state index is 13.0. The summed E-state index contributed by atoms with van der Waals surface area (Å²) in [6.07, 6.45) is 3.51. The van der Waals surface area contributed by atoms with E-state index in [2.05, 4.69) is 10.3 Å². The van der Waals surface area contributed by atoms with Crippen LogP contribution in [0.25, 0.3) is 0 Å². The first kappa shape index (κ1) is 19.0. The highest BCUT2D eigenvalue weighted by Crippen LogP contribution is 2.28. The number of hydrogen-bond acceptors (Lipinski definition) is 4. The summed E-state index contributed by atoms with van der Waals surface area (Å²) in [7, 11) is 0. The van der Waals surface area contributed by atoms with Crippen molar-refractivity contribution in [3.8, 4) is 0 Å². The van der Waals surface area contributed by atoms with Crippen molar-refractivity contribution in [2.75, 3.05) is 18.4 Å². The molecule has 1 unspecified atom stereocenters. The predicted molar refractivity (Wildman–Crippen MR) is 106 cm³/mol. The molecule has 3 N–H and O–H groups in total. The van der Waals surface area contributed by atoms with Crippen molar-refractivity contribution in [1.29, 1.82) is 0 Å². The van der Waals surface area contributed by atoms with E-state index in [4.69, 9.17) is 28.9 Å². The zero-order chi connectivity index (χ0) is 18.7. The Morgan fingerprint density at radius 2 is 2.00 bits per heavy atom. The second kappa shape index (κ2) is 8.25. The number of nitrogens with two attached hydrogens (primary N) is 1. The summed E-state index contributed by atoms with van der Waals surface area (Å²) in [6, 6.07) is 8.92. The number of carbonyl (C=O) groups is 1. The van der Waals surface area contributed by atoms with Crippen LogP contribution in [0.2, 0.25) is 10.0 Å². The Kier molecular flexibility index (Phi) is 6.01. The van der Waals surface area contributed by atoms with Gasteiger partial charge in [0, 0.05) is 31.0 Å². The van der Waals surface area contributed by atoms with Crippen LogP contribution in [-0.2, 0) is 0 Å². The second-order valence-electron chi connectivity index (χ2n) is 6.64. The zero-order valence-corrected chi connectivity index (χ0v) is 16.1. The van der Waals surface area contributed by atoms with E-state index in [0.29, 0.717) is 40.4 Å². The lowest BCUT2D eigenvalue weighted by Gasteiger charge is -2.34. The molecule has 0 radical (unpaired) electrons. The van der Waals surface area contributed by atoms with Gasteiger partial charge in [-0.2, -0.15) is 0 Å². The Labute approximate surface area is 163 Å². The minimum absolute atomic E-state index is 0.0243. The van der Waals surface area contributed by atoms with E-state index in [9.17, 15) is 4.79 Å². The number of halogens is 2. The van der Waals surface area contributed by atoms with Crippen LogP contribution in [0.4, 0.5) is 11.5 Å². The Balaban J connectivity index is 1.76. The Bertz CT molecular complexity index is 789. The van der Waals surface area contributed by atoms with Crippen LogP contribution in [0.1, 0.15) is 30.1 Å². The number of benzene rings is 1. The van der Waals surface area contributed by atoms with E-state index in [1.165, 1.54) is 0 Å². The Hall–Kier alpha value is -1.82. The summed E-state index contributed by atoms with van der Waals surface area (Å²) >= 11 is 12.0. The van der Waals surface area contributed by atoms with Crippen molar-refractivity contribution < 1.29 is 4.79 Å². The van der Waals surface area contributed by atoms with Gasteiger partial charge in [-0.05, 0) is 56.0 Å². The lowest BCUT2D eigenvalue weighted by molar-refractivity contribution is 0.0681. The monoisotopic (exact) mass is 392 g/mol. The van der Waals surface area contributed by atoms with Crippen LogP contribution in [0, 0.1) is 5.92 Å². The number of piperidine rings is 1. The molecule has 138 valence electrons. The number of anilines is 2. The third kappa shape index (κ3) is 4.29. The van der Waals surface area contributed by atoms with E-state index in [1.54, 1.807) is 36.5 Å². The molecule has 0 bridgehead atoms. The lowest BCUT2D eigenvalue weighted by atomic mass is 9.90. The molecule has 1 aliphatic rings. The molecule has 3 rings (SSSR count). The zero-order valence-electron chi connectivity index (χ0n) is 14.6. The number of nitrogens with one attached hydrogen (secondary N) is 1. The van der Waals surface area contributed by atoms with Crippen LogP contribution in [0.3, 0.4) is 0 Å². The van der Waals surface area contributed by atoms with Crippen LogP contribution < -0.4 is 11.1 Å². The molecule has 1 atom stereocenters. The van der Waals surface area contributed by atoms with Gasteiger partial charge in [0.1, 0.15) is 5.82 Å². The Morgan fingerprint density at radius 1 is 1.27 bits per heavy atom. The smallest absolute Gasteiger partial charge is 0.257 e. The van der Waals surface area contributed by atoms with Gasteiger partial charge >= 0.3 is 0 Å². The van der Waals surface area contributed by atoms with E-state index in [0.717, 1.165) is 18.5 Å². The van der Waals surface area contributed by atoms with E-state index in [1.807, 2.05) is 11.8 Å². The third-order valence-corrected chi connectivity index (χ3v) is 5.53. The number of carbonyl (C=O) groups excluding carboxylic acids is 1. The molecule has 5 nitrogen and oxygen atoms in total. The van der Waals surface area contributed by atoms with Crippen LogP contribution in [0.15, 0.2) is 36.5 Å². The summed E-state index contributed by atoms with van der Waals surface area (Å²) in [6.45, 7) is 3.46. The summed E-state index contributed by atoms with van der Waals surface area (Å²) in [5.74, 6) is 0.954. The number of amides is 1. The standard InChI is InChI=1S/C19H22Cl2N4O/c1-12(22)13-6-9-25(10-7-13)19(26)15-3-2-8-23-18(15)24-14-4-5-16(20)17(21)11-14/h2-5,8,11-13H,6-7,9-10,22H2,1H3,(H,23,24). The number of nitrogens with zero attached hydrogens (tertiary/aromatic N) is 2. The molecule has 1 aromatic carbocycles. The first-order chi connectivity index (χ1) is 12.5. The highest BCUT2D eigenvalue weighted by Gasteiger charge is 2.27. The molecule has 1 aliphatic heterocycles. The highest BCUT2D eigenvalue weighted by atomic mass is 35.5. The van der Waals surface area contributed by atoms with Gasteiger partial charge in [0.2, 0.25) is 0 Å². The average Bonchev–Trinajstić information content (AvgIpc) is 2.65. The van der Waals surface area contributed by atoms with Gasteiger partial charge in [-0.1, -0.05) is 23.2 Å². The second-order valence-corrected chi connectivity index (χ2v) is 7.46. The first-order valence-electron chi connectivity index (χ1n) is 8.67. The van der Waals surface area contributed by atoms with Gasteiger partial charge in [0.15, 0.2) is 0 Å². The largest absolute Gasteiger partial charge is 0.340 e. The SMILES string of the molecule is CC(N)C1CCN(C(=O)c2cccnc2Nc2ccc(Cl)c(Cl)c2)CC1. The lowest BCUT2D eigenvalue weighted by Crippen LogP contribution is -2.42. The molecule has 1 amide bonds. The van der Waals surface area contributed by atoms with Crippen molar-refractivity contribution in [1.82, 2.24) is 9.88 Å². The maximum Gasteiger partial charge on any atom is 0.257 e. The molecule has 7 heteroatoms. The minimum atomic E-state index is -0.0243. The predicted octanol–water partition coefficient (Wildman–Crippen LogP) is 4.33. The van der Waals surface area contributed by atoms with Crippen molar-refractivity contribution in [3.63, 3.8) is 0 Å².